The van der Waals surface area contributed by atoms with Gasteiger partial charge in [-0.2, -0.15) is 4.57 Å². The predicted octanol–water partition coefficient (Wildman–Crippen LogP) is 1.42. The minimum absolute atomic E-state index is 0.534. The second kappa shape index (κ2) is 14.1. The Labute approximate surface area is 179 Å². The monoisotopic (exact) mass is 497 g/mol. The first-order valence-corrected chi connectivity index (χ1v) is 9.58. The van der Waals surface area contributed by atoms with Crippen molar-refractivity contribution >= 4 is 60.3 Å². The first-order chi connectivity index (χ1) is 13.7. The molecule has 13 nitrogen and oxygen atoms in total. The number of phosphoric ester groups is 1. The van der Waals surface area contributed by atoms with Crippen LogP contribution in [0.2, 0.25) is 0 Å². The highest BCUT2D eigenvalue weighted by Gasteiger charge is 2.40. The zero-order valence-electron chi connectivity index (χ0n) is 14.9. The summed E-state index contributed by atoms with van der Waals surface area (Å²) < 4.78 is 27.5. The van der Waals surface area contributed by atoms with Crippen molar-refractivity contribution in [2.24, 2.45) is 0 Å². The summed E-state index contributed by atoms with van der Waals surface area (Å²) in [6, 6.07) is 0. The molecule has 0 rings (SSSR count). The molecule has 0 aromatic rings. The smallest absolute Gasteiger partial charge is 0.379 e. The summed E-state index contributed by atoms with van der Waals surface area (Å²) in [6.07, 6.45) is 0. The lowest BCUT2D eigenvalue weighted by atomic mass is 10.5. The minimum Gasteiger partial charge on any atom is -0.379 e. The van der Waals surface area contributed by atoms with Gasteiger partial charge in [0.05, 0.1) is 37.9 Å². The number of halogens is 3. The summed E-state index contributed by atoms with van der Waals surface area (Å²) in [7, 11) is -1.82. The van der Waals surface area contributed by atoms with Gasteiger partial charge in [0, 0.05) is 0 Å². The highest BCUT2D eigenvalue weighted by atomic mass is 35.5. The van der Waals surface area contributed by atoms with Crippen molar-refractivity contribution in [1.82, 2.24) is 16.4 Å². The van der Waals surface area contributed by atoms with Gasteiger partial charge in [-0.15, -0.1) is 0 Å². The number of hydrogen-bond acceptors (Lipinski definition) is 10. The van der Waals surface area contributed by atoms with Crippen LogP contribution in [-0.4, -0.2) is 39.1 Å². The molecule has 0 aromatic carbocycles. The van der Waals surface area contributed by atoms with Crippen LogP contribution >= 0.6 is 42.6 Å². The maximum absolute atomic E-state index is 13.0. The average Bonchev–Trinajstić information content (AvgIpc) is 2.69. The lowest BCUT2D eigenvalue weighted by Gasteiger charge is -2.21. The van der Waals surface area contributed by atoms with Gasteiger partial charge in [-0.05, 0) is 0 Å². The van der Waals surface area contributed by atoms with Crippen LogP contribution in [0.3, 0.4) is 0 Å². The Morgan fingerprint density at radius 3 is 1.07 bits per heavy atom. The van der Waals surface area contributed by atoms with E-state index >= 15 is 0 Å². The Hall–Kier alpha value is -1.99. The summed E-state index contributed by atoms with van der Waals surface area (Å²) in [5.41, 5.74) is 7.04. The SMILES string of the molecule is CONC(=O)/C(=C\Cl)OP(=O)(O/C(=C/Cl)C(=O)NOC)O/C(=C/Cl)C(=O)NOC. The molecule has 0 fully saturated rings. The number of phosphoric acid groups is 1. The Balaban J connectivity index is 5.96. The number of hydrogen-bond donors (Lipinski definition) is 3. The molecule has 0 atom stereocenters. The van der Waals surface area contributed by atoms with Crippen LogP contribution in [0.1, 0.15) is 0 Å². The van der Waals surface area contributed by atoms with Gasteiger partial charge in [0.2, 0.25) is 17.3 Å². The standard InChI is InChI=1S/C12H15Cl3N3O10P/c1-23-16-10(19)7(4-13)26-29(22,27-8(5-14)11(20)17-24-2)28-9(6-15)12(21)18-25-3/h4-6H,1-3H3,(H,16,19)(H,17,20)(H,18,21)/b7-4+,8-5+,9-6+. The molecule has 17 heteroatoms. The first kappa shape index (κ1) is 27.0. The van der Waals surface area contributed by atoms with Gasteiger partial charge < -0.3 is 13.6 Å². The summed E-state index contributed by atoms with van der Waals surface area (Å²) in [5, 5.41) is 0. The van der Waals surface area contributed by atoms with Crippen molar-refractivity contribution < 1.29 is 47.0 Å². The summed E-state index contributed by atoms with van der Waals surface area (Å²) in [6.45, 7) is 0. The van der Waals surface area contributed by atoms with E-state index in [0.717, 1.165) is 21.3 Å². The van der Waals surface area contributed by atoms with E-state index in [0.29, 0.717) is 16.6 Å². The van der Waals surface area contributed by atoms with Crippen LogP contribution in [0.25, 0.3) is 0 Å². The fraction of sp³-hybridized carbons (Fsp3) is 0.250. The van der Waals surface area contributed by atoms with Crippen LogP contribution in [0.15, 0.2) is 33.9 Å². The third-order valence-electron chi connectivity index (χ3n) is 2.18. The molecule has 0 aliphatic heterocycles. The molecule has 0 aromatic heterocycles. The van der Waals surface area contributed by atoms with E-state index in [1.807, 2.05) is 16.4 Å². The normalized spacial score (nSPS) is 12.7. The maximum Gasteiger partial charge on any atom is 0.647 e. The first-order valence-electron chi connectivity index (χ1n) is 6.81. The van der Waals surface area contributed by atoms with Crippen molar-refractivity contribution in [2.45, 2.75) is 0 Å². The van der Waals surface area contributed by atoms with Crippen molar-refractivity contribution in [1.29, 1.82) is 0 Å². The fourth-order valence-electron chi connectivity index (χ4n) is 1.18. The zero-order valence-corrected chi connectivity index (χ0v) is 18.1. The zero-order chi connectivity index (χ0) is 22.4. The highest BCUT2D eigenvalue weighted by molar-refractivity contribution is 7.49. The molecule has 0 heterocycles. The summed E-state index contributed by atoms with van der Waals surface area (Å²) >= 11 is 16.4. The number of rotatable bonds is 12. The summed E-state index contributed by atoms with van der Waals surface area (Å²) in [4.78, 5) is 48.5. The molecule has 3 amide bonds. The van der Waals surface area contributed by atoms with E-state index in [9.17, 15) is 18.9 Å². The number of carbonyl (C=O) groups is 3. The molecular formula is C12H15Cl3N3O10P. The Bertz CT molecular complexity index is 648. The highest BCUT2D eigenvalue weighted by Crippen LogP contribution is 2.55. The van der Waals surface area contributed by atoms with E-state index in [1.54, 1.807) is 0 Å². The van der Waals surface area contributed by atoms with Crippen molar-refractivity contribution in [3.05, 3.63) is 33.9 Å². The molecule has 0 unspecified atom stereocenters. The van der Waals surface area contributed by atoms with Gasteiger partial charge in [0.1, 0.15) is 0 Å². The number of nitrogens with one attached hydrogen (secondary N) is 3. The number of amides is 3. The molecule has 164 valence electrons. The number of carbonyl (C=O) groups excluding carboxylic acids is 3. The van der Waals surface area contributed by atoms with Gasteiger partial charge in [0.15, 0.2) is 0 Å². The summed E-state index contributed by atoms with van der Waals surface area (Å²) in [5.74, 6) is -5.99. The van der Waals surface area contributed by atoms with E-state index in [1.165, 1.54) is 0 Å². The molecule has 0 radical (unpaired) electrons. The second-order valence-electron chi connectivity index (χ2n) is 4.05. The van der Waals surface area contributed by atoms with Gasteiger partial charge in [-0.3, -0.25) is 28.9 Å². The minimum atomic E-state index is -5.08. The molecule has 0 saturated carbocycles. The topological polar surface area (TPSA) is 160 Å². The fourth-order valence-corrected chi connectivity index (χ4v) is 3.04. The molecule has 0 spiro atoms. The second-order valence-corrected chi connectivity index (χ2v) is 6.14. The lowest BCUT2D eigenvalue weighted by Crippen LogP contribution is -2.27. The van der Waals surface area contributed by atoms with E-state index in [2.05, 4.69) is 14.5 Å². The van der Waals surface area contributed by atoms with Crippen molar-refractivity contribution in [3.8, 4) is 0 Å². The van der Waals surface area contributed by atoms with E-state index < -0.39 is 42.8 Å². The largest absolute Gasteiger partial charge is 0.647 e. The molecular weight excluding hydrogens is 483 g/mol. The lowest BCUT2D eigenvalue weighted by molar-refractivity contribution is -0.130. The van der Waals surface area contributed by atoms with E-state index in [-0.39, 0.29) is 0 Å². The van der Waals surface area contributed by atoms with Gasteiger partial charge in [0.25, 0.3) is 0 Å². The molecule has 0 bridgehead atoms. The van der Waals surface area contributed by atoms with Crippen LogP contribution in [-0.2, 0) is 47.0 Å². The molecule has 0 saturated heterocycles. The van der Waals surface area contributed by atoms with Crippen molar-refractivity contribution in [3.63, 3.8) is 0 Å². The quantitative estimate of drug-likeness (QED) is 0.155. The third-order valence-corrected chi connectivity index (χ3v) is 4.04. The third kappa shape index (κ3) is 9.37. The number of hydroxylamine groups is 3. The Morgan fingerprint density at radius 1 is 0.655 bits per heavy atom. The van der Waals surface area contributed by atoms with Crippen LogP contribution in [0.4, 0.5) is 0 Å². The molecule has 0 aliphatic carbocycles. The van der Waals surface area contributed by atoms with Crippen molar-refractivity contribution in [2.75, 3.05) is 21.3 Å². The van der Waals surface area contributed by atoms with Crippen LogP contribution < -0.4 is 16.4 Å². The van der Waals surface area contributed by atoms with Crippen LogP contribution in [0, 0.1) is 0 Å². The molecule has 3 N–H and O–H groups in total. The van der Waals surface area contributed by atoms with Gasteiger partial charge in [-0.1, -0.05) is 34.8 Å². The van der Waals surface area contributed by atoms with Gasteiger partial charge >= 0.3 is 25.5 Å². The Kier molecular flexibility index (Phi) is 13.1. The molecule has 0 aliphatic rings. The van der Waals surface area contributed by atoms with Crippen LogP contribution in [0.5, 0.6) is 0 Å². The molecule has 29 heavy (non-hydrogen) atoms. The average molecular weight is 499 g/mol. The van der Waals surface area contributed by atoms with Gasteiger partial charge in [-0.25, -0.2) is 16.4 Å². The predicted molar refractivity (Wildman–Crippen MR) is 98.1 cm³/mol. The Morgan fingerprint density at radius 2 is 0.897 bits per heavy atom. The van der Waals surface area contributed by atoms with E-state index in [4.69, 9.17) is 48.4 Å². The maximum atomic E-state index is 13.0.